The Labute approximate surface area is 152 Å². The van der Waals surface area contributed by atoms with Crippen molar-refractivity contribution in [1.29, 1.82) is 0 Å². The highest BCUT2D eigenvalue weighted by Gasteiger charge is 2.30. The minimum absolute atomic E-state index is 0.0394. The van der Waals surface area contributed by atoms with Crippen LogP contribution in [-0.4, -0.2) is 34.4 Å². The van der Waals surface area contributed by atoms with E-state index in [-0.39, 0.29) is 23.7 Å². The Morgan fingerprint density at radius 1 is 1.04 bits per heavy atom. The lowest BCUT2D eigenvalue weighted by atomic mass is 10.1. The standard InChI is InChI=1S/C16H13F3N4O3S/c17-16(18,19)13-6-4-5-12(11-13)15-20-22-23(21-15)9-10-27(24,25)26-14-7-2-1-3-8-14/h1-8,11H,9-10H2. The Morgan fingerprint density at radius 2 is 1.78 bits per heavy atom. The Kier molecular flexibility index (Phi) is 5.13. The number of halogens is 3. The molecule has 0 atom stereocenters. The number of alkyl halides is 3. The maximum atomic E-state index is 12.8. The molecule has 0 aliphatic heterocycles. The van der Waals surface area contributed by atoms with Gasteiger partial charge in [0, 0.05) is 5.56 Å². The Balaban J connectivity index is 1.68. The first-order valence-electron chi connectivity index (χ1n) is 7.66. The van der Waals surface area contributed by atoms with E-state index in [1.165, 1.54) is 24.3 Å². The predicted octanol–water partition coefficient (Wildman–Crippen LogP) is 2.77. The topological polar surface area (TPSA) is 87.0 Å². The van der Waals surface area contributed by atoms with Crippen molar-refractivity contribution < 1.29 is 25.8 Å². The van der Waals surface area contributed by atoms with Gasteiger partial charge in [-0.1, -0.05) is 30.3 Å². The Morgan fingerprint density at radius 3 is 2.48 bits per heavy atom. The second-order valence-electron chi connectivity index (χ2n) is 5.45. The van der Waals surface area contributed by atoms with Gasteiger partial charge in [0.25, 0.3) is 0 Å². The molecule has 1 aromatic heterocycles. The molecule has 11 heteroatoms. The third-order valence-electron chi connectivity index (χ3n) is 3.41. The van der Waals surface area contributed by atoms with Gasteiger partial charge in [-0.3, -0.25) is 0 Å². The zero-order valence-corrected chi connectivity index (χ0v) is 14.5. The van der Waals surface area contributed by atoms with Crippen molar-refractivity contribution in [2.24, 2.45) is 0 Å². The fourth-order valence-electron chi connectivity index (χ4n) is 2.15. The summed E-state index contributed by atoms with van der Waals surface area (Å²) in [4.78, 5) is 0.988. The summed E-state index contributed by atoms with van der Waals surface area (Å²) in [7, 11) is -3.89. The fourth-order valence-corrected chi connectivity index (χ4v) is 3.02. The second-order valence-corrected chi connectivity index (χ2v) is 7.14. The van der Waals surface area contributed by atoms with Crippen LogP contribution in [-0.2, 0) is 22.8 Å². The second kappa shape index (κ2) is 7.35. The molecule has 0 radical (unpaired) electrons. The van der Waals surface area contributed by atoms with E-state index in [1.54, 1.807) is 18.2 Å². The highest BCUT2D eigenvalue weighted by Crippen LogP contribution is 2.31. The molecule has 27 heavy (non-hydrogen) atoms. The van der Waals surface area contributed by atoms with Crippen LogP contribution in [0.5, 0.6) is 5.75 Å². The van der Waals surface area contributed by atoms with Crippen LogP contribution in [0.2, 0.25) is 0 Å². The summed E-state index contributed by atoms with van der Waals surface area (Å²) in [5.41, 5.74) is -0.713. The zero-order chi connectivity index (χ0) is 19.5. The van der Waals surface area contributed by atoms with Gasteiger partial charge in [0.05, 0.1) is 12.1 Å². The van der Waals surface area contributed by atoms with Crippen molar-refractivity contribution in [2.75, 3.05) is 5.75 Å². The van der Waals surface area contributed by atoms with Crippen LogP contribution in [0.1, 0.15) is 5.56 Å². The van der Waals surface area contributed by atoms with Crippen molar-refractivity contribution in [3.05, 3.63) is 60.2 Å². The minimum Gasteiger partial charge on any atom is -0.382 e. The molecule has 0 aliphatic rings. The summed E-state index contributed by atoms with van der Waals surface area (Å²) in [5, 5.41) is 11.3. The van der Waals surface area contributed by atoms with Gasteiger partial charge in [0.2, 0.25) is 5.82 Å². The maximum absolute atomic E-state index is 12.8. The fraction of sp³-hybridized carbons (Fsp3) is 0.188. The number of nitrogens with zero attached hydrogens (tertiary/aromatic N) is 4. The van der Waals surface area contributed by atoms with Crippen LogP contribution in [0.3, 0.4) is 0 Å². The van der Waals surface area contributed by atoms with Gasteiger partial charge in [-0.25, -0.2) is 0 Å². The number of aromatic nitrogens is 4. The van der Waals surface area contributed by atoms with Crippen LogP contribution in [0, 0.1) is 0 Å². The van der Waals surface area contributed by atoms with E-state index in [1.807, 2.05) is 0 Å². The van der Waals surface area contributed by atoms with Crippen LogP contribution in [0.4, 0.5) is 13.2 Å². The highest BCUT2D eigenvalue weighted by atomic mass is 32.2. The summed E-state index contributed by atoms with van der Waals surface area (Å²) < 4.78 is 67.2. The molecule has 0 saturated carbocycles. The lowest BCUT2D eigenvalue weighted by molar-refractivity contribution is -0.137. The summed E-state index contributed by atoms with van der Waals surface area (Å²) >= 11 is 0. The summed E-state index contributed by atoms with van der Waals surface area (Å²) in [6.45, 7) is -0.166. The molecule has 0 aliphatic carbocycles. The Hall–Kier alpha value is -2.95. The van der Waals surface area contributed by atoms with E-state index in [2.05, 4.69) is 15.4 Å². The van der Waals surface area contributed by atoms with Crippen LogP contribution < -0.4 is 4.18 Å². The lowest BCUT2D eigenvalue weighted by Crippen LogP contribution is -2.19. The summed E-state index contributed by atoms with van der Waals surface area (Å²) in [6, 6.07) is 12.4. The number of para-hydroxylation sites is 1. The van der Waals surface area contributed by atoms with Crippen molar-refractivity contribution in [3.63, 3.8) is 0 Å². The van der Waals surface area contributed by atoms with E-state index in [4.69, 9.17) is 4.18 Å². The van der Waals surface area contributed by atoms with Gasteiger partial charge in [-0.2, -0.15) is 26.4 Å². The quantitative estimate of drug-likeness (QED) is 0.594. The number of benzene rings is 2. The van der Waals surface area contributed by atoms with Gasteiger partial charge < -0.3 is 4.18 Å². The molecule has 3 rings (SSSR count). The third kappa shape index (κ3) is 5.03. The molecule has 0 bridgehead atoms. The van der Waals surface area contributed by atoms with Crippen LogP contribution >= 0.6 is 0 Å². The van der Waals surface area contributed by atoms with E-state index in [0.717, 1.165) is 16.9 Å². The number of tetrazole rings is 1. The molecule has 0 saturated heterocycles. The zero-order valence-electron chi connectivity index (χ0n) is 13.7. The molecule has 2 aromatic carbocycles. The van der Waals surface area contributed by atoms with Gasteiger partial charge in [-0.15, -0.1) is 10.2 Å². The average molecular weight is 398 g/mol. The molecule has 0 unspecified atom stereocenters. The van der Waals surface area contributed by atoms with Crippen LogP contribution in [0.25, 0.3) is 11.4 Å². The highest BCUT2D eigenvalue weighted by molar-refractivity contribution is 7.87. The molecule has 0 amide bonds. The minimum atomic E-state index is -4.49. The average Bonchev–Trinajstić information content (AvgIpc) is 3.09. The first-order chi connectivity index (χ1) is 12.7. The molecule has 1 heterocycles. The van der Waals surface area contributed by atoms with Gasteiger partial charge in [0.15, 0.2) is 0 Å². The first-order valence-corrected chi connectivity index (χ1v) is 9.23. The largest absolute Gasteiger partial charge is 0.416 e. The van der Waals surface area contributed by atoms with E-state index in [0.29, 0.717) is 0 Å². The van der Waals surface area contributed by atoms with Crippen molar-refractivity contribution >= 4 is 10.1 Å². The van der Waals surface area contributed by atoms with Crippen molar-refractivity contribution in [1.82, 2.24) is 20.2 Å². The van der Waals surface area contributed by atoms with Gasteiger partial charge >= 0.3 is 16.3 Å². The predicted molar refractivity (Wildman–Crippen MR) is 89.1 cm³/mol. The molecule has 0 N–H and O–H groups in total. The number of hydrogen-bond acceptors (Lipinski definition) is 6. The van der Waals surface area contributed by atoms with E-state index >= 15 is 0 Å². The van der Waals surface area contributed by atoms with Crippen molar-refractivity contribution in [2.45, 2.75) is 12.7 Å². The number of hydrogen-bond donors (Lipinski definition) is 0. The third-order valence-corrected chi connectivity index (χ3v) is 4.54. The monoisotopic (exact) mass is 398 g/mol. The SMILES string of the molecule is O=S(=O)(CCn1nnc(-c2cccc(C(F)(F)F)c2)n1)Oc1ccccc1. The van der Waals surface area contributed by atoms with Gasteiger partial charge in [0.1, 0.15) is 11.5 Å². The van der Waals surface area contributed by atoms with E-state index in [9.17, 15) is 21.6 Å². The summed E-state index contributed by atoms with van der Waals surface area (Å²) in [5.74, 6) is -0.295. The molecular formula is C16H13F3N4O3S. The molecule has 3 aromatic rings. The maximum Gasteiger partial charge on any atom is 0.416 e. The molecule has 0 spiro atoms. The van der Waals surface area contributed by atoms with E-state index < -0.39 is 27.6 Å². The lowest BCUT2D eigenvalue weighted by Gasteiger charge is -2.07. The summed E-state index contributed by atoms with van der Waals surface area (Å²) in [6.07, 6.45) is -4.49. The molecule has 142 valence electrons. The molecule has 7 nitrogen and oxygen atoms in total. The van der Waals surface area contributed by atoms with Crippen LogP contribution in [0.15, 0.2) is 54.6 Å². The molecular weight excluding hydrogens is 385 g/mol. The van der Waals surface area contributed by atoms with Crippen molar-refractivity contribution in [3.8, 4) is 17.1 Å². The molecule has 0 fully saturated rings. The Bertz CT molecular complexity index is 1020. The number of rotatable bonds is 6. The first kappa shape index (κ1) is 18.8. The normalized spacial score (nSPS) is 12.1. The van der Waals surface area contributed by atoms with Gasteiger partial charge in [-0.05, 0) is 29.5 Å². The number of aryl methyl sites for hydroxylation is 1. The smallest absolute Gasteiger partial charge is 0.382 e.